The Morgan fingerprint density at radius 2 is 1.61 bits per heavy atom. The molecule has 0 aliphatic carbocycles. The van der Waals surface area contributed by atoms with E-state index in [0.29, 0.717) is 31.8 Å². The topological polar surface area (TPSA) is 76.7 Å². The van der Waals surface area contributed by atoms with Crippen LogP contribution in [0.4, 0.5) is 18.9 Å². The van der Waals surface area contributed by atoms with Gasteiger partial charge in [0.15, 0.2) is 0 Å². The van der Waals surface area contributed by atoms with Gasteiger partial charge in [0.2, 0.25) is 0 Å². The van der Waals surface area contributed by atoms with E-state index in [-0.39, 0.29) is 12.2 Å². The summed E-state index contributed by atoms with van der Waals surface area (Å²) < 4.78 is 48.6. The summed E-state index contributed by atoms with van der Waals surface area (Å²) in [6, 6.07) is 11.4. The van der Waals surface area contributed by atoms with Gasteiger partial charge in [-0.2, -0.15) is 13.2 Å². The van der Waals surface area contributed by atoms with Crippen LogP contribution in [0.2, 0.25) is 0 Å². The van der Waals surface area contributed by atoms with E-state index in [2.05, 4.69) is 10.6 Å². The predicted molar refractivity (Wildman–Crippen MR) is 108 cm³/mol. The summed E-state index contributed by atoms with van der Waals surface area (Å²) in [5.74, 6) is -1.10. The van der Waals surface area contributed by atoms with Crippen LogP contribution in [0.3, 0.4) is 0 Å². The van der Waals surface area contributed by atoms with E-state index < -0.39 is 29.0 Å². The number of alkyl halides is 3. The third-order valence-corrected chi connectivity index (χ3v) is 5.42. The van der Waals surface area contributed by atoms with Crippen LogP contribution < -0.4 is 15.4 Å². The summed E-state index contributed by atoms with van der Waals surface area (Å²) in [7, 11) is 1.58. The SMILES string of the molecule is COc1ccc(C2(CNC(=O)C(=O)Nc3ccc(C(F)(F)F)cc3)CCOCC2)cc1. The Morgan fingerprint density at radius 3 is 2.16 bits per heavy atom. The molecule has 9 heteroatoms. The maximum atomic E-state index is 12.6. The predicted octanol–water partition coefficient (Wildman–Crippen LogP) is 3.52. The zero-order valence-electron chi connectivity index (χ0n) is 16.9. The highest BCUT2D eigenvalue weighted by atomic mass is 19.4. The van der Waals surface area contributed by atoms with E-state index in [4.69, 9.17) is 9.47 Å². The summed E-state index contributed by atoms with van der Waals surface area (Å²) in [5.41, 5.74) is -0.130. The third-order valence-electron chi connectivity index (χ3n) is 5.42. The maximum Gasteiger partial charge on any atom is 0.416 e. The van der Waals surface area contributed by atoms with Gasteiger partial charge in [-0.15, -0.1) is 0 Å². The summed E-state index contributed by atoms with van der Waals surface area (Å²) >= 11 is 0. The molecule has 2 aromatic rings. The van der Waals surface area contributed by atoms with Crippen molar-refractivity contribution in [2.45, 2.75) is 24.4 Å². The van der Waals surface area contributed by atoms with Gasteiger partial charge in [-0.3, -0.25) is 9.59 Å². The van der Waals surface area contributed by atoms with Crippen molar-refractivity contribution in [2.75, 3.05) is 32.2 Å². The van der Waals surface area contributed by atoms with Crippen LogP contribution in [-0.2, 0) is 25.9 Å². The number of benzene rings is 2. The number of rotatable bonds is 5. The Balaban J connectivity index is 1.64. The van der Waals surface area contributed by atoms with Gasteiger partial charge in [-0.05, 0) is 54.8 Å². The van der Waals surface area contributed by atoms with E-state index in [1.807, 2.05) is 24.3 Å². The van der Waals surface area contributed by atoms with Crippen molar-refractivity contribution in [3.8, 4) is 5.75 Å². The first-order valence-corrected chi connectivity index (χ1v) is 9.72. The number of ether oxygens (including phenoxy) is 2. The number of halogens is 3. The molecule has 0 saturated carbocycles. The molecule has 1 fully saturated rings. The summed E-state index contributed by atoms with van der Waals surface area (Å²) in [6.07, 6.45) is -3.14. The molecule has 2 amide bonds. The molecule has 0 spiro atoms. The molecule has 0 unspecified atom stereocenters. The molecule has 1 aliphatic rings. The van der Waals surface area contributed by atoms with Crippen LogP contribution in [0.5, 0.6) is 5.75 Å². The van der Waals surface area contributed by atoms with Crippen molar-refractivity contribution in [1.29, 1.82) is 0 Å². The van der Waals surface area contributed by atoms with Crippen molar-refractivity contribution in [3.05, 3.63) is 59.7 Å². The minimum absolute atomic E-state index is 0.101. The van der Waals surface area contributed by atoms with Crippen molar-refractivity contribution in [3.63, 3.8) is 0 Å². The Hall–Kier alpha value is -3.07. The zero-order chi connectivity index (χ0) is 22.5. The van der Waals surface area contributed by atoms with Gasteiger partial charge in [-0.1, -0.05) is 12.1 Å². The molecular formula is C22H23F3N2O4. The molecule has 2 N–H and O–H groups in total. The number of hydrogen-bond donors (Lipinski definition) is 2. The maximum absolute atomic E-state index is 12.6. The highest BCUT2D eigenvalue weighted by molar-refractivity contribution is 6.39. The van der Waals surface area contributed by atoms with Crippen LogP contribution in [0.25, 0.3) is 0 Å². The van der Waals surface area contributed by atoms with Crippen LogP contribution >= 0.6 is 0 Å². The quantitative estimate of drug-likeness (QED) is 0.704. The van der Waals surface area contributed by atoms with Crippen molar-refractivity contribution >= 4 is 17.5 Å². The molecule has 0 aromatic heterocycles. The molecule has 3 rings (SSSR count). The highest BCUT2D eigenvalue weighted by Crippen LogP contribution is 2.35. The molecule has 31 heavy (non-hydrogen) atoms. The average Bonchev–Trinajstić information content (AvgIpc) is 2.78. The lowest BCUT2D eigenvalue weighted by molar-refractivity contribution is -0.137. The van der Waals surface area contributed by atoms with E-state index in [1.165, 1.54) is 0 Å². The second-order valence-electron chi connectivity index (χ2n) is 7.33. The van der Waals surface area contributed by atoms with Gasteiger partial charge >= 0.3 is 18.0 Å². The first-order chi connectivity index (χ1) is 14.7. The fraction of sp³-hybridized carbons (Fsp3) is 0.364. The van der Waals surface area contributed by atoms with E-state index in [0.717, 1.165) is 29.8 Å². The van der Waals surface area contributed by atoms with Gasteiger partial charge in [0.05, 0.1) is 12.7 Å². The highest BCUT2D eigenvalue weighted by Gasteiger charge is 2.35. The van der Waals surface area contributed by atoms with Gasteiger partial charge < -0.3 is 20.1 Å². The van der Waals surface area contributed by atoms with Crippen LogP contribution in [-0.4, -0.2) is 38.7 Å². The number of amides is 2. The van der Waals surface area contributed by atoms with Crippen LogP contribution in [0.1, 0.15) is 24.0 Å². The Bertz CT molecular complexity index is 906. The lowest BCUT2D eigenvalue weighted by atomic mass is 9.74. The standard InChI is InChI=1S/C22H23F3N2O4/c1-30-18-8-4-15(5-9-18)21(10-12-31-13-11-21)14-26-19(28)20(29)27-17-6-2-16(3-7-17)22(23,24)25/h2-9H,10-14H2,1H3,(H,26,28)(H,27,29). The molecule has 1 aliphatic heterocycles. The Morgan fingerprint density at radius 1 is 1.00 bits per heavy atom. The summed E-state index contributed by atoms with van der Waals surface area (Å²) in [6.45, 7) is 1.28. The van der Waals surface area contributed by atoms with E-state index in [1.54, 1.807) is 7.11 Å². The zero-order valence-corrected chi connectivity index (χ0v) is 16.9. The fourth-order valence-corrected chi connectivity index (χ4v) is 3.53. The van der Waals surface area contributed by atoms with Crippen LogP contribution in [0.15, 0.2) is 48.5 Å². The number of methoxy groups -OCH3 is 1. The Kier molecular flexibility index (Phi) is 6.84. The van der Waals surface area contributed by atoms with Gasteiger partial charge in [-0.25, -0.2) is 0 Å². The Labute approximate surface area is 177 Å². The number of anilines is 1. The number of nitrogens with one attached hydrogen (secondary N) is 2. The molecule has 2 aromatic carbocycles. The molecular weight excluding hydrogens is 413 g/mol. The van der Waals surface area contributed by atoms with Gasteiger partial charge in [0, 0.05) is 30.9 Å². The van der Waals surface area contributed by atoms with Crippen molar-refractivity contribution < 1.29 is 32.2 Å². The summed E-state index contributed by atoms with van der Waals surface area (Å²) in [4.78, 5) is 24.5. The average molecular weight is 436 g/mol. The minimum Gasteiger partial charge on any atom is -0.497 e. The lowest BCUT2D eigenvalue weighted by Crippen LogP contribution is -2.47. The molecule has 1 heterocycles. The van der Waals surface area contributed by atoms with E-state index in [9.17, 15) is 22.8 Å². The lowest BCUT2D eigenvalue weighted by Gasteiger charge is -2.38. The number of carbonyl (C=O) groups excluding carboxylic acids is 2. The van der Waals surface area contributed by atoms with Crippen molar-refractivity contribution in [2.24, 2.45) is 0 Å². The third kappa shape index (κ3) is 5.55. The molecule has 0 bridgehead atoms. The second kappa shape index (κ2) is 9.38. The monoisotopic (exact) mass is 436 g/mol. The molecule has 0 atom stereocenters. The van der Waals surface area contributed by atoms with Crippen molar-refractivity contribution in [1.82, 2.24) is 5.32 Å². The number of carbonyl (C=O) groups is 2. The molecule has 1 saturated heterocycles. The smallest absolute Gasteiger partial charge is 0.416 e. The molecule has 0 radical (unpaired) electrons. The molecule has 6 nitrogen and oxygen atoms in total. The summed E-state index contributed by atoms with van der Waals surface area (Å²) in [5, 5.41) is 4.97. The van der Waals surface area contributed by atoms with Gasteiger partial charge in [0.25, 0.3) is 0 Å². The van der Waals surface area contributed by atoms with Gasteiger partial charge in [0.1, 0.15) is 5.75 Å². The fourth-order valence-electron chi connectivity index (χ4n) is 3.53. The van der Waals surface area contributed by atoms with Crippen LogP contribution in [0, 0.1) is 0 Å². The van der Waals surface area contributed by atoms with E-state index >= 15 is 0 Å². The second-order valence-corrected chi connectivity index (χ2v) is 7.33. The largest absolute Gasteiger partial charge is 0.497 e. The number of hydrogen-bond acceptors (Lipinski definition) is 4. The normalized spacial score (nSPS) is 15.7. The first-order valence-electron chi connectivity index (χ1n) is 9.72. The minimum atomic E-state index is -4.47. The first kappa shape index (κ1) is 22.6. The molecule has 166 valence electrons.